The average molecular weight is 412 g/mol. The zero-order chi connectivity index (χ0) is 21.3. The lowest BCUT2D eigenvalue weighted by Gasteiger charge is -2.35. The van der Waals surface area contributed by atoms with Gasteiger partial charge in [0, 0.05) is 39.1 Å². The normalized spacial score (nSPS) is 16.1. The summed E-state index contributed by atoms with van der Waals surface area (Å²) in [5.41, 5.74) is 2.20. The van der Waals surface area contributed by atoms with Crippen molar-refractivity contribution in [2.45, 2.75) is 18.9 Å². The van der Waals surface area contributed by atoms with Gasteiger partial charge in [0.05, 0.1) is 20.3 Å². The molecule has 30 heavy (non-hydrogen) atoms. The molecule has 2 aromatic carbocycles. The second-order valence-electron chi connectivity index (χ2n) is 7.82. The minimum Gasteiger partial charge on any atom is -0.493 e. The van der Waals surface area contributed by atoms with Crippen molar-refractivity contribution < 1.29 is 14.3 Å². The number of nitrogens with one attached hydrogen (secondary N) is 1. The number of ether oxygens (including phenoxy) is 2. The van der Waals surface area contributed by atoms with Crippen molar-refractivity contribution >= 4 is 5.91 Å². The zero-order valence-corrected chi connectivity index (χ0v) is 18.3. The van der Waals surface area contributed by atoms with Crippen LogP contribution in [0.2, 0.25) is 0 Å². The Morgan fingerprint density at radius 3 is 2.37 bits per heavy atom. The third-order valence-corrected chi connectivity index (χ3v) is 5.66. The van der Waals surface area contributed by atoms with Gasteiger partial charge in [-0.25, -0.2) is 0 Å². The van der Waals surface area contributed by atoms with Crippen molar-refractivity contribution in [3.8, 4) is 11.5 Å². The Morgan fingerprint density at radius 1 is 1.00 bits per heavy atom. The maximum Gasteiger partial charge on any atom is 0.220 e. The molecule has 6 heteroatoms. The summed E-state index contributed by atoms with van der Waals surface area (Å²) in [4.78, 5) is 17.6. The van der Waals surface area contributed by atoms with Crippen molar-refractivity contribution in [1.29, 1.82) is 0 Å². The first kappa shape index (κ1) is 22.1. The third kappa shape index (κ3) is 6.21. The van der Waals surface area contributed by atoms with Crippen LogP contribution in [0.4, 0.5) is 0 Å². The van der Waals surface area contributed by atoms with E-state index in [0.29, 0.717) is 24.3 Å². The number of carbonyl (C=O) groups excluding carboxylic acids is 1. The molecule has 0 aromatic heterocycles. The van der Waals surface area contributed by atoms with E-state index in [2.05, 4.69) is 34.3 Å². The highest BCUT2D eigenvalue weighted by Gasteiger charge is 2.21. The van der Waals surface area contributed by atoms with Gasteiger partial charge in [-0.3, -0.25) is 9.69 Å². The van der Waals surface area contributed by atoms with Gasteiger partial charge in [-0.1, -0.05) is 36.4 Å². The Hall–Kier alpha value is -2.57. The molecule has 1 unspecified atom stereocenters. The average Bonchev–Trinajstić information content (AvgIpc) is 2.79. The first-order chi connectivity index (χ1) is 14.6. The summed E-state index contributed by atoms with van der Waals surface area (Å²) in [5.74, 6) is 1.45. The number of benzene rings is 2. The largest absolute Gasteiger partial charge is 0.493 e. The number of rotatable bonds is 9. The summed E-state index contributed by atoms with van der Waals surface area (Å²) in [6.45, 7) is 5.02. The number of methoxy groups -OCH3 is 2. The number of nitrogens with zero attached hydrogens (tertiary/aromatic N) is 2. The molecule has 1 amide bonds. The van der Waals surface area contributed by atoms with Crippen molar-refractivity contribution in [2.24, 2.45) is 0 Å². The standard InChI is InChI=1S/C24H33N3O3/c1-26-13-15-27(16-14-26)18-21(20-7-5-4-6-8-20)25-24(28)12-10-19-9-11-22(29-2)23(17-19)30-3/h4-9,11,17,21H,10,12-16,18H2,1-3H3,(H,25,28). The van der Waals surface area contributed by atoms with Gasteiger partial charge in [-0.2, -0.15) is 0 Å². The first-order valence-electron chi connectivity index (χ1n) is 10.5. The molecule has 1 N–H and O–H groups in total. The van der Waals surface area contributed by atoms with E-state index in [-0.39, 0.29) is 11.9 Å². The van der Waals surface area contributed by atoms with Crippen LogP contribution < -0.4 is 14.8 Å². The second-order valence-corrected chi connectivity index (χ2v) is 7.82. The number of amides is 1. The van der Waals surface area contributed by atoms with Crippen LogP contribution in [0.3, 0.4) is 0 Å². The van der Waals surface area contributed by atoms with Gasteiger partial charge < -0.3 is 19.7 Å². The van der Waals surface area contributed by atoms with E-state index in [1.54, 1.807) is 14.2 Å². The first-order valence-corrected chi connectivity index (χ1v) is 10.5. The van der Waals surface area contributed by atoms with Gasteiger partial charge in [0.1, 0.15) is 0 Å². The van der Waals surface area contributed by atoms with Gasteiger partial charge in [0.2, 0.25) is 5.91 Å². The maximum absolute atomic E-state index is 12.8. The van der Waals surface area contributed by atoms with Gasteiger partial charge in [0.15, 0.2) is 11.5 Å². The Kier molecular flexibility index (Phi) is 8.11. The van der Waals surface area contributed by atoms with Crippen molar-refractivity contribution in [1.82, 2.24) is 15.1 Å². The lowest BCUT2D eigenvalue weighted by Crippen LogP contribution is -2.47. The quantitative estimate of drug-likeness (QED) is 0.688. The molecule has 0 spiro atoms. The molecule has 1 heterocycles. The van der Waals surface area contributed by atoms with Crippen LogP contribution in [0, 0.1) is 0 Å². The highest BCUT2D eigenvalue weighted by atomic mass is 16.5. The molecule has 0 radical (unpaired) electrons. The van der Waals surface area contributed by atoms with E-state index in [0.717, 1.165) is 43.9 Å². The molecule has 2 aromatic rings. The number of carbonyl (C=O) groups is 1. The fourth-order valence-corrected chi connectivity index (χ4v) is 3.77. The number of aryl methyl sites for hydroxylation is 1. The molecule has 0 saturated carbocycles. The summed E-state index contributed by atoms with van der Waals surface area (Å²) in [7, 11) is 5.40. The molecule has 162 valence electrons. The van der Waals surface area contributed by atoms with E-state index in [1.807, 2.05) is 36.4 Å². The van der Waals surface area contributed by atoms with E-state index in [4.69, 9.17) is 9.47 Å². The van der Waals surface area contributed by atoms with Gasteiger partial charge >= 0.3 is 0 Å². The topological polar surface area (TPSA) is 54.0 Å². The Balaban J connectivity index is 1.60. The van der Waals surface area contributed by atoms with E-state index >= 15 is 0 Å². The molecule has 6 nitrogen and oxygen atoms in total. The van der Waals surface area contributed by atoms with E-state index in [1.165, 1.54) is 0 Å². The summed E-state index contributed by atoms with van der Waals surface area (Å²) in [6, 6.07) is 16.0. The lowest BCUT2D eigenvalue weighted by atomic mass is 10.0. The molecule has 3 rings (SSSR count). The fraction of sp³-hybridized carbons (Fsp3) is 0.458. The van der Waals surface area contributed by atoms with Crippen molar-refractivity contribution in [3.05, 3.63) is 59.7 Å². The molecule has 1 atom stereocenters. The molecule has 1 aliphatic heterocycles. The minimum atomic E-state index is -0.00694. The minimum absolute atomic E-state index is 0.00694. The van der Waals surface area contributed by atoms with E-state index in [9.17, 15) is 4.79 Å². The second kappa shape index (κ2) is 11.0. The fourth-order valence-electron chi connectivity index (χ4n) is 3.77. The summed E-state index contributed by atoms with van der Waals surface area (Å²) in [6.07, 6.45) is 1.09. The Morgan fingerprint density at radius 2 is 1.70 bits per heavy atom. The van der Waals surface area contributed by atoms with Crippen LogP contribution in [0.1, 0.15) is 23.6 Å². The van der Waals surface area contributed by atoms with Crippen LogP contribution in [0.25, 0.3) is 0 Å². The monoisotopic (exact) mass is 411 g/mol. The maximum atomic E-state index is 12.8. The van der Waals surface area contributed by atoms with Crippen LogP contribution in [0.15, 0.2) is 48.5 Å². The predicted octanol–water partition coefficient (Wildman–Crippen LogP) is 2.74. The number of likely N-dealkylation sites (N-methyl/N-ethyl adjacent to an activating group) is 1. The SMILES string of the molecule is COc1ccc(CCC(=O)NC(CN2CCN(C)CC2)c2ccccc2)cc1OC. The smallest absolute Gasteiger partial charge is 0.220 e. The number of hydrogen-bond donors (Lipinski definition) is 1. The summed E-state index contributed by atoms with van der Waals surface area (Å²) >= 11 is 0. The molecule has 1 fully saturated rings. The summed E-state index contributed by atoms with van der Waals surface area (Å²) in [5, 5.41) is 3.26. The lowest BCUT2D eigenvalue weighted by molar-refractivity contribution is -0.122. The molecular weight excluding hydrogens is 378 g/mol. The van der Waals surface area contributed by atoms with Crippen molar-refractivity contribution in [3.63, 3.8) is 0 Å². The predicted molar refractivity (Wildman–Crippen MR) is 119 cm³/mol. The van der Waals surface area contributed by atoms with Gasteiger partial charge in [0.25, 0.3) is 0 Å². The van der Waals surface area contributed by atoms with Crippen molar-refractivity contribution in [2.75, 3.05) is 54.0 Å². The van der Waals surface area contributed by atoms with Crippen LogP contribution in [0.5, 0.6) is 11.5 Å². The molecule has 0 aliphatic carbocycles. The number of hydrogen-bond acceptors (Lipinski definition) is 5. The highest BCUT2D eigenvalue weighted by molar-refractivity contribution is 5.76. The summed E-state index contributed by atoms with van der Waals surface area (Å²) < 4.78 is 10.6. The number of piperazine rings is 1. The van der Waals surface area contributed by atoms with Crippen LogP contribution in [-0.2, 0) is 11.2 Å². The Bertz CT molecular complexity index is 805. The molecule has 1 aliphatic rings. The Labute approximate surface area is 179 Å². The molecule has 0 bridgehead atoms. The third-order valence-electron chi connectivity index (χ3n) is 5.66. The highest BCUT2D eigenvalue weighted by Crippen LogP contribution is 2.28. The zero-order valence-electron chi connectivity index (χ0n) is 18.3. The van der Waals surface area contributed by atoms with Gasteiger partial charge in [-0.05, 0) is 36.7 Å². The van der Waals surface area contributed by atoms with Gasteiger partial charge in [-0.15, -0.1) is 0 Å². The molecular formula is C24H33N3O3. The van der Waals surface area contributed by atoms with Crippen LogP contribution in [-0.4, -0.2) is 69.7 Å². The molecule has 1 saturated heterocycles. The van der Waals surface area contributed by atoms with Crippen LogP contribution >= 0.6 is 0 Å². The van der Waals surface area contributed by atoms with E-state index < -0.39 is 0 Å².